The van der Waals surface area contributed by atoms with Crippen LogP contribution in [0.25, 0.3) is 0 Å². The lowest BCUT2D eigenvalue weighted by molar-refractivity contribution is -0.139. The topological polar surface area (TPSA) is 0 Å². The lowest BCUT2D eigenvalue weighted by Gasteiger charge is -2.10. The summed E-state index contributed by atoms with van der Waals surface area (Å²) in [6.07, 6.45) is -2.64. The van der Waals surface area contributed by atoms with Crippen molar-refractivity contribution in [3.05, 3.63) is 28.2 Å². The van der Waals surface area contributed by atoms with Crippen molar-refractivity contribution in [2.75, 3.05) is 6.26 Å². The van der Waals surface area contributed by atoms with Gasteiger partial charge in [0.25, 0.3) is 0 Å². The lowest BCUT2D eigenvalue weighted by Crippen LogP contribution is -2.06. The van der Waals surface area contributed by atoms with Gasteiger partial charge in [-0.3, -0.25) is 0 Å². The van der Waals surface area contributed by atoms with E-state index in [-0.39, 0.29) is 4.90 Å². The summed E-state index contributed by atoms with van der Waals surface area (Å²) in [5.41, 5.74) is -0.580. The maximum absolute atomic E-state index is 12.3. The van der Waals surface area contributed by atoms with Gasteiger partial charge < -0.3 is 0 Å². The first kappa shape index (κ1) is 10.9. The summed E-state index contributed by atoms with van der Waals surface area (Å²) in [5, 5.41) is 0. The number of hydrogen-bond acceptors (Lipinski definition) is 1. The van der Waals surface area contributed by atoms with E-state index in [2.05, 4.69) is 15.9 Å². The summed E-state index contributed by atoms with van der Waals surface area (Å²) in [6.45, 7) is 0. The van der Waals surface area contributed by atoms with Crippen LogP contribution in [0.15, 0.2) is 27.6 Å². The van der Waals surface area contributed by atoms with E-state index in [0.717, 1.165) is 17.8 Å². The highest BCUT2D eigenvalue weighted by Crippen LogP contribution is 2.37. The molecule has 13 heavy (non-hydrogen) atoms. The van der Waals surface area contributed by atoms with Crippen molar-refractivity contribution < 1.29 is 13.2 Å². The van der Waals surface area contributed by atoms with Gasteiger partial charge in [0.05, 0.1) is 5.56 Å². The van der Waals surface area contributed by atoms with Crippen LogP contribution in [0.1, 0.15) is 5.56 Å². The molecule has 72 valence electrons. The summed E-state index contributed by atoms with van der Waals surface area (Å²) in [4.78, 5) is 0.238. The Balaban J connectivity index is 3.22. The third-order valence-corrected chi connectivity index (χ3v) is 2.74. The maximum Gasteiger partial charge on any atom is 0.417 e. The molecule has 0 spiro atoms. The van der Waals surface area contributed by atoms with Gasteiger partial charge in [-0.1, -0.05) is 15.9 Å². The van der Waals surface area contributed by atoms with Crippen molar-refractivity contribution in [3.8, 4) is 0 Å². The molecule has 0 aliphatic rings. The predicted molar refractivity (Wildman–Crippen MR) is 50.9 cm³/mol. The molecule has 0 N–H and O–H groups in total. The molecule has 0 aromatic heterocycles. The van der Waals surface area contributed by atoms with E-state index in [4.69, 9.17) is 0 Å². The Bertz CT molecular complexity index is 309. The van der Waals surface area contributed by atoms with Crippen LogP contribution in [0.2, 0.25) is 0 Å². The Hall–Kier alpha value is -0.160. The second kappa shape index (κ2) is 3.92. The predicted octanol–water partition coefficient (Wildman–Crippen LogP) is 4.19. The first-order valence-electron chi connectivity index (χ1n) is 3.36. The van der Waals surface area contributed by atoms with E-state index in [1.54, 1.807) is 6.26 Å². The molecule has 0 fully saturated rings. The van der Waals surface area contributed by atoms with Gasteiger partial charge in [0.2, 0.25) is 0 Å². The Morgan fingerprint density at radius 2 is 1.92 bits per heavy atom. The first-order valence-corrected chi connectivity index (χ1v) is 5.37. The molecule has 1 aromatic carbocycles. The van der Waals surface area contributed by atoms with E-state index < -0.39 is 11.7 Å². The summed E-state index contributed by atoms with van der Waals surface area (Å²) in [5.74, 6) is 0. The molecule has 0 amide bonds. The van der Waals surface area contributed by atoms with Crippen LogP contribution in [0.5, 0.6) is 0 Å². The molecule has 0 heterocycles. The summed E-state index contributed by atoms with van der Waals surface area (Å²) in [6, 6.07) is 3.94. The van der Waals surface area contributed by atoms with Gasteiger partial charge in [0.15, 0.2) is 0 Å². The summed E-state index contributed by atoms with van der Waals surface area (Å²) in [7, 11) is 0. The standard InChI is InChI=1S/C8H6BrF3S/c1-13-7-4-5(9)2-3-6(7)8(10,11)12/h2-4H,1H3. The van der Waals surface area contributed by atoms with Crippen LogP contribution in [-0.2, 0) is 6.18 Å². The van der Waals surface area contributed by atoms with Crippen LogP contribution < -0.4 is 0 Å². The van der Waals surface area contributed by atoms with Crippen LogP contribution in [0.3, 0.4) is 0 Å². The molecular formula is C8H6BrF3S. The Labute approximate surface area is 86.6 Å². The van der Waals surface area contributed by atoms with E-state index in [0.29, 0.717) is 4.47 Å². The van der Waals surface area contributed by atoms with Gasteiger partial charge in [0, 0.05) is 9.37 Å². The summed E-state index contributed by atoms with van der Waals surface area (Å²) >= 11 is 4.21. The smallest absolute Gasteiger partial charge is 0.166 e. The number of hydrogen-bond donors (Lipinski definition) is 0. The molecule has 0 nitrogen and oxygen atoms in total. The largest absolute Gasteiger partial charge is 0.417 e. The molecule has 5 heteroatoms. The lowest BCUT2D eigenvalue weighted by atomic mass is 10.2. The van der Waals surface area contributed by atoms with Crippen LogP contribution in [0, 0.1) is 0 Å². The van der Waals surface area contributed by atoms with E-state index in [1.165, 1.54) is 12.1 Å². The van der Waals surface area contributed by atoms with Crippen molar-refractivity contribution >= 4 is 27.7 Å². The van der Waals surface area contributed by atoms with Crippen molar-refractivity contribution in [2.45, 2.75) is 11.1 Å². The molecule has 0 radical (unpaired) electrons. The van der Waals surface area contributed by atoms with Gasteiger partial charge in [-0.25, -0.2) is 0 Å². The highest BCUT2D eigenvalue weighted by atomic mass is 79.9. The van der Waals surface area contributed by atoms with Crippen molar-refractivity contribution in [1.29, 1.82) is 0 Å². The average Bonchev–Trinajstić information content (AvgIpc) is 2.01. The van der Waals surface area contributed by atoms with E-state index in [9.17, 15) is 13.2 Å². The maximum atomic E-state index is 12.3. The Morgan fingerprint density at radius 1 is 1.31 bits per heavy atom. The third-order valence-electron chi connectivity index (χ3n) is 1.47. The van der Waals surface area contributed by atoms with Crippen molar-refractivity contribution in [1.82, 2.24) is 0 Å². The highest BCUT2D eigenvalue weighted by molar-refractivity contribution is 9.10. The molecule has 0 bridgehead atoms. The van der Waals surface area contributed by atoms with Gasteiger partial charge in [-0.15, -0.1) is 11.8 Å². The highest BCUT2D eigenvalue weighted by Gasteiger charge is 2.32. The SMILES string of the molecule is CSc1cc(Br)ccc1C(F)(F)F. The minimum Gasteiger partial charge on any atom is -0.166 e. The second-order valence-corrected chi connectivity index (χ2v) is 4.11. The quantitative estimate of drug-likeness (QED) is 0.690. The molecule has 0 aliphatic carbocycles. The first-order chi connectivity index (χ1) is 5.95. The van der Waals surface area contributed by atoms with Crippen LogP contribution >= 0.6 is 27.7 Å². The second-order valence-electron chi connectivity index (χ2n) is 2.34. The number of rotatable bonds is 1. The zero-order valence-corrected chi connectivity index (χ0v) is 9.05. The number of thioether (sulfide) groups is 1. The van der Waals surface area contributed by atoms with Crippen molar-refractivity contribution in [3.63, 3.8) is 0 Å². The number of benzene rings is 1. The molecule has 0 aliphatic heterocycles. The van der Waals surface area contributed by atoms with Gasteiger partial charge in [-0.2, -0.15) is 13.2 Å². The molecule has 0 saturated heterocycles. The van der Waals surface area contributed by atoms with E-state index >= 15 is 0 Å². The fourth-order valence-electron chi connectivity index (χ4n) is 0.899. The summed E-state index contributed by atoms with van der Waals surface area (Å²) < 4.78 is 37.7. The minimum atomic E-state index is -4.26. The molecular weight excluding hydrogens is 265 g/mol. The minimum absolute atomic E-state index is 0.238. The van der Waals surface area contributed by atoms with Gasteiger partial charge >= 0.3 is 6.18 Å². The molecule has 1 aromatic rings. The zero-order valence-electron chi connectivity index (χ0n) is 6.65. The monoisotopic (exact) mass is 270 g/mol. The van der Waals surface area contributed by atoms with Crippen LogP contribution in [-0.4, -0.2) is 6.26 Å². The molecule has 0 atom stereocenters. The normalized spacial score (nSPS) is 11.8. The number of alkyl halides is 3. The van der Waals surface area contributed by atoms with Gasteiger partial charge in [-0.05, 0) is 24.5 Å². The Kier molecular flexibility index (Phi) is 3.29. The fraction of sp³-hybridized carbons (Fsp3) is 0.250. The zero-order chi connectivity index (χ0) is 10.1. The van der Waals surface area contributed by atoms with Crippen molar-refractivity contribution in [2.24, 2.45) is 0 Å². The van der Waals surface area contributed by atoms with Gasteiger partial charge in [0.1, 0.15) is 0 Å². The average molecular weight is 271 g/mol. The van der Waals surface area contributed by atoms with E-state index in [1.807, 2.05) is 0 Å². The molecule has 0 unspecified atom stereocenters. The number of halogens is 4. The molecule has 0 saturated carbocycles. The Morgan fingerprint density at radius 3 is 2.38 bits per heavy atom. The van der Waals surface area contributed by atoms with Crippen LogP contribution in [0.4, 0.5) is 13.2 Å². The fourth-order valence-corrected chi connectivity index (χ4v) is 2.06. The molecule has 1 rings (SSSR count). The third kappa shape index (κ3) is 2.64.